The zero-order chi connectivity index (χ0) is 13.7. The maximum absolute atomic E-state index is 9.79. The van der Waals surface area contributed by atoms with Crippen LogP contribution in [0.1, 0.15) is 19.3 Å². The molecule has 0 spiro atoms. The van der Waals surface area contributed by atoms with Crippen LogP contribution >= 0.6 is 0 Å². The number of methoxy groups -OCH3 is 1. The molecule has 1 saturated carbocycles. The van der Waals surface area contributed by atoms with Crippen LogP contribution in [0.3, 0.4) is 0 Å². The maximum Gasteiger partial charge on any atom is 0.0899 e. The molecule has 5 nitrogen and oxygen atoms in total. The highest BCUT2D eigenvalue weighted by Crippen LogP contribution is 2.30. The van der Waals surface area contributed by atoms with Crippen LogP contribution in [0.25, 0.3) is 0 Å². The lowest BCUT2D eigenvalue weighted by molar-refractivity contribution is 0.0311. The van der Waals surface area contributed by atoms with E-state index in [4.69, 9.17) is 9.47 Å². The molecular weight excluding hydrogens is 244 g/mol. The maximum atomic E-state index is 9.79. The molecule has 2 N–H and O–H groups in total. The number of nitrogens with zero attached hydrogens (tertiary/aromatic N) is 1. The smallest absolute Gasteiger partial charge is 0.0899 e. The predicted octanol–water partition coefficient (Wildman–Crippen LogP) is 0.0842. The molecule has 1 heterocycles. The zero-order valence-corrected chi connectivity index (χ0v) is 12.2. The third-order valence-corrected chi connectivity index (χ3v) is 4.01. The van der Waals surface area contributed by atoms with Crippen molar-refractivity contribution in [1.82, 2.24) is 10.2 Å². The Hall–Kier alpha value is -0.200. The molecule has 1 aliphatic heterocycles. The lowest BCUT2D eigenvalue weighted by Gasteiger charge is -2.33. The first-order chi connectivity index (χ1) is 9.13. The number of hydrogen-bond donors (Lipinski definition) is 2. The molecule has 0 aromatic carbocycles. The lowest BCUT2D eigenvalue weighted by atomic mass is 9.86. The summed E-state index contributed by atoms with van der Waals surface area (Å²) in [6.45, 7) is 4.74. The van der Waals surface area contributed by atoms with Gasteiger partial charge in [-0.2, -0.15) is 0 Å². The molecule has 5 heteroatoms. The Balaban J connectivity index is 1.77. The van der Waals surface area contributed by atoms with E-state index in [9.17, 15) is 5.11 Å². The van der Waals surface area contributed by atoms with E-state index in [0.717, 1.165) is 38.8 Å². The average Bonchev–Trinajstić information content (AvgIpc) is 3.08. The summed E-state index contributed by atoms with van der Waals surface area (Å²) in [4.78, 5) is 2.20. The molecule has 19 heavy (non-hydrogen) atoms. The average molecular weight is 272 g/mol. The van der Waals surface area contributed by atoms with E-state index in [1.165, 1.54) is 12.8 Å². The van der Waals surface area contributed by atoms with Crippen LogP contribution in [-0.4, -0.2) is 75.8 Å². The number of hydrogen-bond acceptors (Lipinski definition) is 5. The van der Waals surface area contributed by atoms with E-state index in [-0.39, 0.29) is 5.41 Å². The van der Waals surface area contributed by atoms with Crippen molar-refractivity contribution in [3.63, 3.8) is 0 Å². The SMILES string of the molecule is COCC(O)CN(C)CC1(CNC2CC2)CCOC1. The molecule has 0 radical (unpaired) electrons. The van der Waals surface area contributed by atoms with Crippen molar-refractivity contribution in [3.05, 3.63) is 0 Å². The van der Waals surface area contributed by atoms with E-state index in [1.54, 1.807) is 7.11 Å². The van der Waals surface area contributed by atoms with E-state index < -0.39 is 6.10 Å². The van der Waals surface area contributed by atoms with Crippen LogP contribution in [0, 0.1) is 5.41 Å². The normalized spacial score (nSPS) is 29.1. The van der Waals surface area contributed by atoms with Crippen molar-refractivity contribution >= 4 is 0 Å². The second kappa shape index (κ2) is 6.99. The molecule has 0 amide bonds. The van der Waals surface area contributed by atoms with Crippen LogP contribution < -0.4 is 5.32 Å². The Morgan fingerprint density at radius 1 is 1.53 bits per heavy atom. The highest BCUT2D eigenvalue weighted by atomic mass is 16.5. The molecular formula is C14H28N2O3. The minimum Gasteiger partial charge on any atom is -0.389 e. The monoisotopic (exact) mass is 272 g/mol. The van der Waals surface area contributed by atoms with Gasteiger partial charge in [-0.25, -0.2) is 0 Å². The highest BCUT2D eigenvalue weighted by Gasteiger charge is 2.37. The summed E-state index contributed by atoms with van der Waals surface area (Å²) in [5.74, 6) is 0. The topological polar surface area (TPSA) is 54.0 Å². The fraction of sp³-hybridized carbons (Fsp3) is 1.00. The van der Waals surface area contributed by atoms with Crippen molar-refractivity contribution < 1.29 is 14.6 Å². The first-order valence-corrected chi connectivity index (χ1v) is 7.30. The van der Waals surface area contributed by atoms with Crippen molar-refractivity contribution in [2.75, 3.05) is 53.6 Å². The number of ether oxygens (including phenoxy) is 2. The molecule has 2 unspecified atom stereocenters. The Morgan fingerprint density at radius 2 is 2.32 bits per heavy atom. The number of nitrogens with one attached hydrogen (secondary N) is 1. The summed E-state index contributed by atoms with van der Waals surface area (Å²) in [5.41, 5.74) is 0.212. The van der Waals surface area contributed by atoms with Gasteiger partial charge in [0, 0.05) is 44.8 Å². The molecule has 2 atom stereocenters. The highest BCUT2D eigenvalue weighted by molar-refractivity contribution is 4.91. The molecule has 2 rings (SSSR count). The molecule has 112 valence electrons. The van der Waals surface area contributed by atoms with Crippen LogP contribution in [0.5, 0.6) is 0 Å². The third kappa shape index (κ3) is 5.00. The fourth-order valence-electron chi connectivity index (χ4n) is 2.86. The number of rotatable bonds is 9. The summed E-state index contributed by atoms with van der Waals surface area (Å²) < 4.78 is 10.6. The van der Waals surface area contributed by atoms with E-state index in [1.807, 2.05) is 0 Å². The Bertz CT molecular complexity index is 265. The van der Waals surface area contributed by atoms with Gasteiger partial charge in [-0.3, -0.25) is 0 Å². The Morgan fingerprint density at radius 3 is 2.89 bits per heavy atom. The van der Waals surface area contributed by atoms with Crippen molar-refractivity contribution in [2.45, 2.75) is 31.4 Å². The zero-order valence-electron chi connectivity index (χ0n) is 12.2. The van der Waals surface area contributed by atoms with Gasteiger partial charge in [-0.05, 0) is 26.3 Å². The van der Waals surface area contributed by atoms with Gasteiger partial charge in [0.2, 0.25) is 0 Å². The van der Waals surface area contributed by atoms with Gasteiger partial charge in [-0.1, -0.05) is 0 Å². The molecule has 1 saturated heterocycles. The quantitative estimate of drug-likeness (QED) is 0.623. The molecule has 1 aliphatic carbocycles. The molecule has 2 fully saturated rings. The summed E-state index contributed by atoms with van der Waals surface area (Å²) in [7, 11) is 3.69. The minimum atomic E-state index is -0.411. The number of aliphatic hydroxyl groups is 1. The van der Waals surface area contributed by atoms with Crippen molar-refractivity contribution in [3.8, 4) is 0 Å². The van der Waals surface area contributed by atoms with Crippen LogP contribution in [0.4, 0.5) is 0 Å². The molecule has 0 aromatic rings. The van der Waals surface area contributed by atoms with Crippen LogP contribution in [0.15, 0.2) is 0 Å². The summed E-state index contributed by atoms with van der Waals surface area (Å²) in [5, 5.41) is 13.4. The predicted molar refractivity (Wildman–Crippen MR) is 74.3 cm³/mol. The molecule has 0 aromatic heterocycles. The number of likely N-dealkylation sites (N-methyl/N-ethyl adjacent to an activating group) is 1. The second-order valence-corrected chi connectivity index (χ2v) is 6.26. The van der Waals surface area contributed by atoms with Crippen molar-refractivity contribution in [1.29, 1.82) is 0 Å². The first-order valence-electron chi connectivity index (χ1n) is 7.30. The summed E-state index contributed by atoms with van der Waals surface area (Å²) >= 11 is 0. The van der Waals surface area contributed by atoms with Gasteiger partial charge in [0.1, 0.15) is 0 Å². The molecule has 0 bridgehead atoms. The van der Waals surface area contributed by atoms with Crippen molar-refractivity contribution in [2.24, 2.45) is 5.41 Å². The summed E-state index contributed by atoms with van der Waals surface area (Å²) in [6, 6.07) is 0.738. The Labute approximate surface area is 116 Å². The van der Waals surface area contributed by atoms with Gasteiger partial charge in [0.15, 0.2) is 0 Å². The standard InChI is InChI=1S/C14H28N2O3/c1-16(7-13(17)8-18-2)10-14(5-6-19-11-14)9-15-12-3-4-12/h12-13,15,17H,3-11H2,1-2H3. The van der Waals surface area contributed by atoms with Gasteiger partial charge < -0.3 is 24.8 Å². The fourth-order valence-corrected chi connectivity index (χ4v) is 2.86. The van der Waals surface area contributed by atoms with E-state index in [2.05, 4.69) is 17.3 Å². The largest absolute Gasteiger partial charge is 0.389 e. The third-order valence-electron chi connectivity index (χ3n) is 4.01. The van der Waals surface area contributed by atoms with Gasteiger partial charge in [0.05, 0.1) is 19.3 Å². The second-order valence-electron chi connectivity index (χ2n) is 6.26. The Kier molecular flexibility index (Phi) is 5.59. The minimum absolute atomic E-state index is 0.212. The lowest BCUT2D eigenvalue weighted by Crippen LogP contribution is -2.46. The van der Waals surface area contributed by atoms with E-state index in [0.29, 0.717) is 13.2 Å². The van der Waals surface area contributed by atoms with Crippen LogP contribution in [-0.2, 0) is 9.47 Å². The van der Waals surface area contributed by atoms with E-state index >= 15 is 0 Å². The van der Waals surface area contributed by atoms with Crippen LogP contribution in [0.2, 0.25) is 0 Å². The van der Waals surface area contributed by atoms with Gasteiger partial charge >= 0.3 is 0 Å². The first kappa shape index (κ1) is 15.2. The van der Waals surface area contributed by atoms with Gasteiger partial charge in [-0.15, -0.1) is 0 Å². The summed E-state index contributed by atoms with van der Waals surface area (Å²) in [6.07, 6.45) is 3.33. The van der Waals surface area contributed by atoms with Gasteiger partial charge in [0.25, 0.3) is 0 Å². The molecule has 2 aliphatic rings. The number of aliphatic hydroxyl groups excluding tert-OH is 1.